The highest BCUT2D eigenvalue weighted by Crippen LogP contribution is 2.31. The molecule has 0 bridgehead atoms. The molecule has 134 valence electrons. The Balaban J connectivity index is 2.06. The van der Waals surface area contributed by atoms with Gasteiger partial charge in [0.15, 0.2) is 4.34 Å². The first-order chi connectivity index (χ1) is 11.9. The Morgan fingerprint density at radius 2 is 1.96 bits per heavy atom. The van der Waals surface area contributed by atoms with Gasteiger partial charge < -0.3 is 14.2 Å². The summed E-state index contributed by atoms with van der Waals surface area (Å²) < 4.78 is 6.34. The number of hydrogen-bond acceptors (Lipinski definition) is 7. The molecule has 2 aromatic rings. The van der Waals surface area contributed by atoms with Crippen LogP contribution >= 0.6 is 23.4 Å². The van der Waals surface area contributed by atoms with E-state index in [9.17, 15) is 14.4 Å². The molecule has 0 atom stereocenters. The van der Waals surface area contributed by atoms with E-state index >= 15 is 0 Å². The van der Waals surface area contributed by atoms with Gasteiger partial charge in [-0.25, -0.2) is 4.98 Å². The second-order valence-electron chi connectivity index (χ2n) is 5.07. The number of carbonyl (C=O) groups excluding carboxylic acids is 2. The first-order valence-corrected chi connectivity index (χ1v) is 9.29. The van der Waals surface area contributed by atoms with Gasteiger partial charge in [0.25, 0.3) is 5.91 Å². The number of hydrogen-bond donors (Lipinski definition) is 1. The smallest absolute Gasteiger partial charge is 0.318 e. The minimum absolute atomic E-state index is 0.0470. The van der Waals surface area contributed by atoms with Crippen molar-refractivity contribution in [2.75, 3.05) is 13.1 Å². The van der Waals surface area contributed by atoms with E-state index in [0.29, 0.717) is 28.5 Å². The Morgan fingerprint density at radius 3 is 2.60 bits per heavy atom. The van der Waals surface area contributed by atoms with E-state index in [1.54, 1.807) is 17.0 Å². The maximum absolute atomic E-state index is 12.4. The molecule has 9 heteroatoms. The van der Waals surface area contributed by atoms with Gasteiger partial charge in [-0.15, -0.1) is 11.3 Å². The molecule has 0 aliphatic rings. The maximum atomic E-state index is 12.4. The second-order valence-corrected chi connectivity index (χ2v) is 7.08. The first kappa shape index (κ1) is 19.2. The molecule has 0 fully saturated rings. The lowest BCUT2D eigenvalue weighted by Gasteiger charge is -2.18. The molecule has 25 heavy (non-hydrogen) atoms. The summed E-state index contributed by atoms with van der Waals surface area (Å²) in [7, 11) is 0. The number of aromatic nitrogens is 1. The van der Waals surface area contributed by atoms with Crippen molar-refractivity contribution in [3.05, 3.63) is 23.8 Å². The summed E-state index contributed by atoms with van der Waals surface area (Å²) in [6, 6.07) is 5.30. The summed E-state index contributed by atoms with van der Waals surface area (Å²) in [6.07, 6.45) is -0.453. The Kier molecular flexibility index (Phi) is 6.77. The van der Waals surface area contributed by atoms with Gasteiger partial charge in [0, 0.05) is 18.7 Å². The lowest BCUT2D eigenvalue weighted by Crippen LogP contribution is -2.30. The molecule has 1 aromatic heterocycles. The molecule has 0 unspecified atom stereocenters. The van der Waals surface area contributed by atoms with Crippen LogP contribution in [-0.4, -0.2) is 45.9 Å². The largest absolute Gasteiger partial charge is 0.481 e. The number of carboxylic acid groups (broad SMARTS) is 1. The van der Waals surface area contributed by atoms with Crippen molar-refractivity contribution >= 4 is 51.4 Å². The zero-order chi connectivity index (χ0) is 18.4. The van der Waals surface area contributed by atoms with Crippen molar-refractivity contribution in [3.8, 4) is 0 Å². The lowest BCUT2D eigenvalue weighted by molar-refractivity contribution is -0.141. The highest BCUT2D eigenvalue weighted by Gasteiger charge is 2.15. The van der Waals surface area contributed by atoms with Crippen LogP contribution in [0.1, 0.15) is 37.0 Å². The number of amides is 1. The van der Waals surface area contributed by atoms with Gasteiger partial charge >= 0.3 is 11.9 Å². The average Bonchev–Trinajstić information content (AvgIpc) is 3.01. The van der Waals surface area contributed by atoms with E-state index in [0.717, 1.165) is 16.7 Å². The highest BCUT2D eigenvalue weighted by molar-refractivity contribution is 7.97. The quantitative estimate of drug-likeness (QED) is 0.700. The third-order valence-corrected chi connectivity index (χ3v) is 5.20. The summed E-state index contributed by atoms with van der Waals surface area (Å²) in [5.41, 5.74) is 1.23. The molecular weight excluding hydrogens is 364 g/mol. The molecule has 0 aliphatic carbocycles. The van der Waals surface area contributed by atoms with Crippen LogP contribution in [0.2, 0.25) is 0 Å². The van der Waals surface area contributed by atoms with Crippen molar-refractivity contribution < 1.29 is 23.7 Å². The molecule has 0 saturated heterocycles. The predicted molar refractivity (Wildman–Crippen MR) is 95.7 cm³/mol. The number of thiazole rings is 1. The number of rotatable bonds is 8. The molecule has 1 amide bonds. The monoisotopic (exact) mass is 382 g/mol. The van der Waals surface area contributed by atoms with E-state index in [-0.39, 0.29) is 18.7 Å². The second kappa shape index (κ2) is 8.82. The summed E-state index contributed by atoms with van der Waals surface area (Å²) in [5.74, 6) is -1.70. The number of aliphatic carboxylic acids is 1. The average molecular weight is 382 g/mol. The van der Waals surface area contributed by atoms with Crippen molar-refractivity contribution in [2.45, 2.75) is 31.0 Å². The Morgan fingerprint density at radius 1 is 1.24 bits per heavy atom. The normalized spacial score (nSPS) is 10.6. The third-order valence-electron chi connectivity index (χ3n) is 3.41. The Bertz CT molecular complexity index is 786. The van der Waals surface area contributed by atoms with Crippen LogP contribution in [0.3, 0.4) is 0 Å². The zero-order valence-electron chi connectivity index (χ0n) is 13.9. The van der Waals surface area contributed by atoms with Gasteiger partial charge in [-0.2, -0.15) is 0 Å². The summed E-state index contributed by atoms with van der Waals surface area (Å²) in [5, 5.41) is 8.53. The van der Waals surface area contributed by atoms with E-state index in [1.165, 1.54) is 11.3 Å². The number of nitrogens with zero attached hydrogens (tertiary/aromatic N) is 2. The maximum Gasteiger partial charge on any atom is 0.318 e. The molecule has 0 spiro atoms. The fourth-order valence-corrected chi connectivity index (χ4v) is 3.67. The zero-order valence-corrected chi connectivity index (χ0v) is 15.5. The summed E-state index contributed by atoms with van der Waals surface area (Å²) in [4.78, 5) is 40.3. The predicted octanol–water partition coefficient (Wildman–Crippen LogP) is 3.19. The van der Waals surface area contributed by atoms with Crippen molar-refractivity contribution in [2.24, 2.45) is 0 Å². The number of carboxylic acids is 1. The van der Waals surface area contributed by atoms with Gasteiger partial charge in [0.2, 0.25) is 0 Å². The molecule has 7 nitrogen and oxygen atoms in total. The van der Waals surface area contributed by atoms with E-state index in [2.05, 4.69) is 4.98 Å². The number of fused-ring (bicyclic) bond motifs is 1. The van der Waals surface area contributed by atoms with E-state index < -0.39 is 11.9 Å². The summed E-state index contributed by atoms with van der Waals surface area (Å²) >= 11 is 2.14. The van der Waals surface area contributed by atoms with Gasteiger partial charge in [-0.05, 0) is 32.0 Å². The lowest BCUT2D eigenvalue weighted by atomic mass is 10.2. The number of carbonyl (C=O) groups is 3. The minimum Gasteiger partial charge on any atom is -0.481 e. The molecule has 1 heterocycles. The Labute approximate surface area is 153 Å². The van der Waals surface area contributed by atoms with Crippen molar-refractivity contribution in [3.63, 3.8) is 0 Å². The van der Waals surface area contributed by atoms with Crippen LogP contribution in [-0.2, 0) is 13.8 Å². The molecule has 1 N–H and O–H groups in total. The van der Waals surface area contributed by atoms with Crippen LogP contribution in [0.5, 0.6) is 0 Å². The van der Waals surface area contributed by atoms with E-state index in [1.807, 2.05) is 19.9 Å². The van der Waals surface area contributed by atoms with Crippen LogP contribution < -0.4 is 0 Å². The third kappa shape index (κ3) is 5.17. The molecular formula is C16H18N2O5S2. The molecule has 1 aromatic carbocycles. The van der Waals surface area contributed by atoms with E-state index in [4.69, 9.17) is 9.29 Å². The minimum atomic E-state index is -1.05. The van der Waals surface area contributed by atoms with Crippen molar-refractivity contribution in [1.82, 2.24) is 9.88 Å². The topological polar surface area (TPSA) is 96.8 Å². The molecule has 2 rings (SSSR count). The van der Waals surface area contributed by atoms with Gasteiger partial charge in [-0.1, -0.05) is 0 Å². The van der Waals surface area contributed by atoms with Gasteiger partial charge in [0.05, 0.1) is 23.1 Å². The van der Waals surface area contributed by atoms with Crippen LogP contribution in [0.25, 0.3) is 10.2 Å². The fraction of sp³-hybridized carbons (Fsp3) is 0.375. The molecule has 0 radical (unpaired) electrons. The van der Waals surface area contributed by atoms with Crippen LogP contribution in [0.4, 0.5) is 0 Å². The highest BCUT2D eigenvalue weighted by atomic mass is 32.2. The molecule has 0 saturated carbocycles. The fourth-order valence-electron chi connectivity index (χ4n) is 2.10. The van der Waals surface area contributed by atoms with Gasteiger partial charge in [-0.3, -0.25) is 14.4 Å². The van der Waals surface area contributed by atoms with Crippen LogP contribution in [0, 0.1) is 0 Å². The van der Waals surface area contributed by atoms with Crippen LogP contribution in [0.15, 0.2) is 22.5 Å². The first-order valence-electron chi connectivity index (χ1n) is 7.73. The SMILES string of the molecule is CCN(CC)C(=O)c1ccc2sc(SOC(=O)CCC(=O)O)nc2c1. The number of benzene rings is 1. The van der Waals surface area contributed by atoms with Gasteiger partial charge in [0.1, 0.15) is 12.0 Å². The summed E-state index contributed by atoms with van der Waals surface area (Å²) in [6.45, 7) is 5.13. The standard InChI is InChI=1S/C16H18N2O5S2/c1-3-18(4-2)15(22)10-5-6-12-11(9-10)17-16(24-12)25-23-14(21)8-7-13(19)20/h5-6,9H,3-4,7-8H2,1-2H3,(H,19,20). The molecule has 0 aliphatic heterocycles. The van der Waals surface area contributed by atoms with Crippen molar-refractivity contribution in [1.29, 1.82) is 0 Å². The Hall–Kier alpha value is -2.13.